The van der Waals surface area contributed by atoms with E-state index in [1.54, 1.807) is 12.1 Å². The zero-order valence-corrected chi connectivity index (χ0v) is 11.0. The number of carboxylic acid groups (broad SMARTS) is 1. The second-order valence-corrected chi connectivity index (χ2v) is 5.84. The van der Waals surface area contributed by atoms with Crippen molar-refractivity contribution in [3.05, 3.63) is 28.8 Å². The summed E-state index contributed by atoms with van der Waals surface area (Å²) in [4.78, 5) is 23.2. The molecule has 0 bridgehead atoms. The normalized spacial score (nSPS) is 27.7. The van der Waals surface area contributed by atoms with Crippen molar-refractivity contribution in [3.8, 4) is 0 Å². The lowest BCUT2D eigenvalue weighted by atomic mass is 10.0. The van der Waals surface area contributed by atoms with Crippen LogP contribution in [0.15, 0.2) is 18.2 Å². The number of anilines is 1. The molecule has 19 heavy (non-hydrogen) atoms. The van der Waals surface area contributed by atoms with E-state index in [1.165, 1.54) is 12.5 Å². The maximum Gasteiger partial charge on any atom is 0.337 e. The topological polar surface area (TPSA) is 66.4 Å². The van der Waals surface area contributed by atoms with Gasteiger partial charge in [0, 0.05) is 10.9 Å². The summed E-state index contributed by atoms with van der Waals surface area (Å²) in [7, 11) is 0. The molecular formula is C14H14ClNO3. The standard InChI is InChI=1S/C14H14ClNO3/c15-10-1-2-12(11(6-10)14(18)19)16-13(17)9-4-7-3-8(7)5-9/h1-2,6-9H,3-5H2,(H,16,17)(H,18,19). The number of hydrogen-bond donors (Lipinski definition) is 2. The average molecular weight is 280 g/mol. The maximum atomic E-state index is 12.1. The Bertz CT molecular complexity index is 548. The number of aromatic carboxylic acids is 1. The van der Waals surface area contributed by atoms with Gasteiger partial charge in [0.2, 0.25) is 5.91 Å². The minimum Gasteiger partial charge on any atom is -0.478 e. The van der Waals surface area contributed by atoms with Gasteiger partial charge in [0.05, 0.1) is 11.3 Å². The summed E-state index contributed by atoms with van der Waals surface area (Å²) in [6, 6.07) is 4.47. The molecule has 2 atom stereocenters. The van der Waals surface area contributed by atoms with E-state index in [4.69, 9.17) is 16.7 Å². The van der Waals surface area contributed by atoms with Crippen molar-refractivity contribution in [2.75, 3.05) is 5.32 Å². The first kappa shape index (κ1) is 12.5. The molecule has 4 nitrogen and oxygen atoms in total. The van der Waals surface area contributed by atoms with Crippen LogP contribution in [-0.2, 0) is 4.79 Å². The SMILES string of the molecule is O=C(O)c1cc(Cl)ccc1NC(=O)C1CC2CC2C1. The van der Waals surface area contributed by atoms with E-state index >= 15 is 0 Å². The zero-order valence-electron chi connectivity index (χ0n) is 10.2. The average Bonchev–Trinajstić information content (AvgIpc) is 2.98. The van der Waals surface area contributed by atoms with E-state index in [1.807, 2.05) is 0 Å². The van der Waals surface area contributed by atoms with Crippen molar-refractivity contribution in [1.82, 2.24) is 0 Å². The van der Waals surface area contributed by atoms with Gasteiger partial charge in [-0.1, -0.05) is 11.6 Å². The number of nitrogens with one attached hydrogen (secondary N) is 1. The molecule has 2 unspecified atom stereocenters. The van der Waals surface area contributed by atoms with Crippen LogP contribution in [0.2, 0.25) is 5.02 Å². The number of halogens is 1. The van der Waals surface area contributed by atoms with Crippen molar-refractivity contribution in [1.29, 1.82) is 0 Å². The number of carbonyl (C=O) groups is 2. The van der Waals surface area contributed by atoms with Crippen LogP contribution >= 0.6 is 11.6 Å². The first-order valence-electron chi connectivity index (χ1n) is 6.38. The molecule has 2 fully saturated rings. The first-order chi connectivity index (χ1) is 9.04. The van der Waals surface area contributed by atoms with Crippen molar-refractivity contribution in [2.24, 2.45) is 17.8 Å². The third kappa shape index (κ3) is 2.45. The highest BCUT2D eigenvalue weighted by Gasteiger charge is 2.48. The van der Waals surface area contributed by atoms with Crippen molar-refractivity contribution < 1.29 is 14.7 Å². The van der Waals surface area contributed by atoms with Gasteiger partial charge in [-0.15, -0.1) is 0 Å². The van der Waals surface area contributed by atoms with E-state index in [0.29, 0.717) is 10.7 Å². The van der Waals surface area contributed by atoms with E-state index in [2.05, 4.69) is 5.32 Å². The van der Waals surface area contributed by atoms with Crippen LogP contribution in [0.25, 0.3) is 0 Å². The van der Waals surface area contributed by atoms with E-state index in [0.717, 1.165) is 24.7 Å². The van der Waals surface area contributed by atoms with Crippen LogP contribution < -0.4 is 5.32 Å². The molecule has 2 saturated carbocycles. The quantitative estimate of drug-likeness (QED) is 0.894. The van der Waals surface area contributed by atoms with Gasteiger partial charge in [-0.3, -0.25) is 4.79 Å². The molecular weight excluding hydrogens is 266 g/mol. The Balaban J connectivity index is 1.75. The summed E-state index contributed by atoms with van der Waals surface area (Å²) < 4.78 is 0. The summed E-state index contributed by atoms with van der Waals surface area (Å²) >= 11 is 5.77. The number of carbonyl (C=O) groups excluding carboxylic acids is 1. The highest BCUT2D eigenvalue weighted by atomic mass is 35.5. The molecule has 0 aliphatic heterocycles. The third-order valence-electron chi connectivity index (χ3n) is 4.08. The number of carboxylic acids is 1. The molecule has 1 aromatic rings. The van der Waals surface area contributed by atoms with Gasteiger partial charge in [0.25, 0.3) is 0 Å². The monoisotopic (exact) mass is 279 g/mol. The number of amides is 1. The molecule has 0 aromatic heterocycles. The van der Waals surface area contributed by atoms with Crippen molar-refractivity contribution in [3.63, 3.8) is 0 Å². The largest absolute Gasteiger partial charge is 0.478 e. The molecule has 0 saturated heterocycles. The Morgan fingerprint density at radius 3 is 2.53 bits per heavy atom. The predicted molar refractivity (Wildman–Crippen MR) is 71.4 cm³/mol. The molecule has 0 spiro atoms. The second kappa shape index (κ2) is 4.53. The van der Waals surface area contributed by atoms with Crippen molar-refractivity contribution in [2.45, 2.75) is 19.3 Å². The number of benzene rings is 1. The highest BCUT2D eigenvalue weighted by molar-refractivity contribution is 6.31. The van der Waals surface area contributed by atoms with Crippen LogP contribution in [0, 0.1) is 17.8 Å². The molecule has 2 aliphatic carbocycles. The molecule has 1 aromatic carbocycles. The number of hydrogen-bond acceptors (Lipinski definition) is 2. The fourth-order valence-corrected chi connectivity index (χ4v) is 3.14. The smallest absolute Gasteiger partial charge is 0.337 e. The molecule has 100 valence electrons. The van der Waals surface area contributed by atoms with E-state index < -0.39 is 5.97 Å². The van der Waals surface area contributed by atoms with Crippen LogP contribution in [0.5, 0.6) is 0 Å². The summed E-state index contributed by atoms with van der Waals surface area (Å²) in [6.07, 6.45) is 3.13. The van der Waals surface area contributed by atoms with Gasteiger partial charge in [0.1, 0.15) is 0 Å². The highest BCUT2D eigenvalue weighted by Crippen LogP contribution is 2.54. The van der Waals surface area contributed by atoms with Gasteiger partial charge < -0.3 is 10.4 Å². The summed E-state index contributed by atoms with van der Waals surface area (Å²) in [5.41, 5.74) is 0.353. The minimum atomic E-state index is -1.09. The van der Waals surface area contributed by atoms with Crippen LogP contribution in [-0.4, -0.2) is 17.0 Å². The summed E-state index contributed by atoms with van der Waals surface area (Å²) in [5.74, 6) is 0.310. The predicted octanol–water partition coefficient (Wildman–Crippen LogP) is 3.02. The van der Waals surface area contributed by atoms with Gasteiger partial charge in [-0.2, -0.15) is 0 Å². The lowest BCUT2D eigenvalue weighted by Crippen LogP contribution is -2.22. The Morgan fingerprint density at radius 2 is 1.89 bits per heavy atom. The fraction of sp³-hybridized carbons (Fsp3) is 0.429. The van der Waals surface area contributed by atoms with Gasteiger partial charge in [-0.25, -0.2) is 4.79 Å². The van der Waals surface area contributed by atoms with Crippen LogP contribution in [0.1, 0.15) is 29.6 Å². The zero-order chi connectivity index (χ0) is 13.6. The van der Waals surface area contributed by atoms with E-state index in [-0.39, 0.29) is 17.4 Å². The van der Waals surface area contributed by atoms with Gasteiger partial charge in [0.15, 0.2) is 0 Å². The Kier molecular flexibility index (Phi) is 2.97. The van der Waals surface area contributed by atoms with Crippen LogP contribution in [0.4, 0.5) is 5.69 Å². The fourth-order valence-electron chi connectivity index (χ4n) is 2.97. The minimum absolute atomic E-state index is 0.0288. The first-order valence-corrected chi connectivity index (χ1v) is 6.76. The Morgan fingerprint density at radius 1 is 1.21 bits per heavy atom. The molecule has 3 rings (SSSR count). The van der Waals surface area contributed by atoms with Gasteiger partial charge >= 0.3 is 5.97 Å². The lowest BCUT2D eigenvalue weighted by Gasteiger charge is -2.14. The number of rotatable bonds is 3. The third-order valence-corrected chi connectivity index (χ3v) is 4.32. The molecule has 2 N–H and O–H groups in total. The molecule has 5 heteroatoms. The number of fused-ring (bicyclic) bond motifs is 1. The van der Waals surface area contributed by atoms with Crippen molar-refractivity contribution >= 4 is 29.2 Å². The molecule has 0 heterocycles. The maximum absolute atomic E-state index is 12.1. The molecule has 2 aliphatic rings. The van der Waals surface area contributed by atoms with Crippen LogP contribution in [0.3, 0.4) is 0 Å². The van der Waals surface area contributed by atoms with E-state index in [9.17, 15) is 9.59 Å². The Labute approximate surface area is 115 Å². The van der Waals surface area contributed by atoms with Gasteiger partial charge in [-0.05, 0) is 49.3 Å². The lowest BCUT2D eigenvalue weighted by molar-refractivity contribution is -0.120. The molecule has 1 amide bonds. The summed E-state index contributed by atoms with van der Waals surface area (Å²) in [6.45, 7) is 0. The molecule has 0 radical (unpaired) electrons. The second-order valence-electron chi connectivity index (χ2n) is 5.41. The Hall–Kier alpha value is -1.55. The summed E-state index contributed by atoms with van der Waals surface area (Å²) in [5, 5.41) is 12.2.